The van der Waals surface area contributed by atoms with Crippen molar-refractivity contribution in [2.24, 2.45) is 5.73 Å². The van der Waals surface area contributed by atoms with Gasteiger partial charge in [-0.15, -0.1) is 0 Å². The number of carbonyl (C=O) groups is 1. The Labute approximate surface area is 111 Å². The molecule has 0 heterocycles. The Balaban J connectivity index is 2.17. The first-order valence-electron chi connectivity index (χ1n) is 5.95. The summed E-state index contributed by atoms with van der Waals surface area (Å²) in [4.78, 5) is 12.2. The summed E-state index contributed by atoms with van der Waals surface area (Å²) in [6, 6.07) is 15.4. The summed E-state index contributed by atoms with van der Waals surface area (Å²) < 4.78 is 0. The zero-order valence-corrected chi connectivity index (χ0v) is 10.6. The molecule has 0 bridgehead atoms. The van der Waals surface area contributed by atoms with Gasteiger partial charge in [-0.1, -0.05) is 30.3 Å². The first-order chi connectivity index (χ1) is 9.00. The van der Waals surface area contributed by atoms with Crippen molar-refractivity contribution in [3.8, 4) is 5.75 Å². The third kappa shape index (κ3) is 2.92. The molecule has 19 heavy (non-hydrogen) atoms. The van der Waals surface area contributed by atoms with Crippen molar-refractivity contribution in [1.29, 1.82) is 0 Å². The van der Waals surface area contributed by atoms with Crippen LogP contribution in [0.15, 0.2) is 54.6 Å². The second-order valence-electron chi connectivity index (χ2n) is 4.57. The van der Waals surface area contributed by atoms with Crippen LogP contribution < -0.4 is 11.1 Å². The number of hydrogen-bond acceptors (Lipinski definition) is 3. The SMILES string of the molecule is CC(N)(C(=O)Nc1ccc(O)cc1)c1ccccc1. The predicted octanol–water partition coefficient (Wildman–Crippen LogP) is 2.20. The van der Waals surface area contributed by atoms with Crippen LogP contribution >= 0.6 is 0 Å². The molecule has 0 aromatic heterocycles. The molecule has 2 aromatic carbocycles. The molecule has 0 radical (unpaired) electrons. The van der Waals surface area contributed by atoms with E-state index in [0.29, 0.717) is 5.69 Å². The normalized spacial score (nSPS) is 13.6. The van der Waals surface area contributed by atoms with Crippen LogP contribution in [-0.4, -0.2) is 11.0 Å². The van der Waals surface area contributed by atoms with E-state index < -0.39 is 5.54 Å². The van der Waals surface area contributed by atoms with Crippen LogP contribution in [0.4, 0.5) is 5.69 Å². The molecule has 4 nitrogen and oxygen atoms in total. The van der Waals surface area contributed by atoms with Crippen LogP contribution in [0.25, 0.3) is 0 Å². The monoisotopic (exact) mass is 256 g/mol. The second kappa shape index (κ2) is 5.12. The minimum atomic E-state index is -1.11. The van der Waals surface area contributed by atoms with E-state index in [4.69, 9.17) is 5.73 Å². The molecule has 2 rings (SSSR count). The smallest absolute Gasteiger partial charge is 0.248 e. The number of phenols is 1. The van der Waals surface area contributed by atoms with Gasteiger partial charge in [-0.25, -0.2) is 0 Å². The van der Waals surface area contributed by atoms with E-state index in [1.54, 1.807) is 19.1 Å². The van der Waals surface area contributed by atoms with Gasteiger partial charge in [0.15, 0.2) is 0 Å². The minimum Gasteiger partial charge on any atom is -0.508 e. The van der Waals surface area contributed by atoms with Gasteiger partial charge in [0.25, 0.3) is 0 Å². The Kier molecular flexibility index (Phi) is 3.53. The molecule has 4 heteroatoms. The quantitative estimate of drug-likeness (QED) is 0.737. The van der Waals surface area contributed by atoms with Crippen LogP contribution in [-0.2, 0) is 10.3 Å². The Hall–Kier alpha value is -2.33. The van der Waals surface area contributed by atoms with E-state index in [1.165, 1.54) is 12.1 Å². The van der Waals surface area contributed by atoms with Gasteiger partial charge in [-0.2, -0.15) is 0 Å². The van der Waals surface area contributed by atoms with Crippen molar-refractivity contribution < 1.29 is 9.90 Å². The van der Waals surface area contributed by atoms with Crippen LogP contribution in [0.5, 0.6) is 5.75 Å². The third-order valence-electron chi connectivity index (χ3n) is 2.97. The summed E-state index contributed by atoms with van der Waals surface area (Å²) in [6.45, 7) is 1.66. The van der Waals surface area contributed by atoms with Crippen molar-refractivity contribution in [1.82, 2.24) is 0 Å². The summed E-state index contributed by atoms with van der Waals surface area (Å²) in [7, 11) is 0. The lowest BCUT2D eigenvalue weighted by Gasteiger charge is -2.24. The van der Waals surface area contributed by atoms with E-state index in [2.05, 4.69) is 5.32 Å². The average molecular weight is 256 g/mol. The number of anilines is 1. The maximum absolute atomic E-state index is 12.2. The summed E-state index contributed by atoms with van der Waals surface area (Å²) >= 11 is 0. The molecule has 0 aliphatic rings. The van der Waals surface area contributed by atoms with Gasteiger partial charge < -0.3 is 16.2 Å². The number of amides is 1. The molecule has 1 unspecified atom stereocenters. The summed E-state index contributed by atoms with van der Waals surface area (Å²) in [6.07, 6.45) is 0. The number of nitrogens with two attached hydrogens (primary N) is 1. The van der Waals surface area contributed by atoms with Crippen molar-refractivity contribution in [3.05, 3.63) is 60.2 Å². The number of nitrogens with one attached hydrogen (secondary N) is 1. The number of carbonyl (C=O) groups excluding carboxylic acids is 1. The molecule has 0 fully saturated rings. The van der Waals surface area contributed by atoms with Crippen LogP contribution in [0.1, 0.15) is 12.5 Å². The number of rotatable bonds is 3. The standard InChI is InChI=1S/C15H16N2O2/c1-15(16,11-5-3-2-4-6-11)14(19)17-12-7-9-13(18)10-8-12/h2-10,18H,16H2,1H3,(H,17,19). The maximum atomic E-state index is 12.2. The lowest BCUT2D eigenvalue weighted by atomic mass is 9.92. The average Bonchev–Trinajstić information content (AvgIpc) is 2.42. The fraction of sp³-hybridized carbons (Fsp3) is 0.133. The highest BCUT2D eigenvalue weighted by atomic mass is 16.3. The molecule has 0 aliphatic carbocycles. The number of aromatic hydroxyl groups is 1. The molecular formula is C15H16N2O2. The Morgan fingerprint density at radius 1 is 1.11 bits per heavy atom. The first-order valence-corrected chi connectivity index (χ1v) is 5.95. The van der Waals surface area contributed by atoms with Crippen molar-refractivity contribution in [2.75, 3.05) is 5.32 Å². The number of benzene rings is 2. The lowest BCUT2D eigenvalue weighted by molar-refractivity contribution is -0.120. The molecule has 0 aliphatic heterocycles. The summed E-state index contributed by atoms with van der Waals surface area (Å²) in [5.41, 5.74) is 6.32. The van der Waals surface area contributed by atoms with E-state index in [0.717, 1.165) is 5.56 Å². The van der Waals surface area contributed by atoms with Crippen molar-refractivity contribution in [2.45, 2.75) is 12.5 Å². The molecule has 0 saturated heterocycles. The summed E-state index contributed by atoms with van der Waals surface area (Å²) in [5, 5.41) is 11.9. The minimum absolute atomic E-state index is 0.150. The molecular weight excluding hydrogens is 240 g/mol. The van der Waals surface area contributed by atoms with Gasteiger partial charge >= 0.3 is 0 Å². The van der Waals surface area contributed by atoms with E-state index in [1.807, 2.05) is 30.3 Å². The first kappa shape index (κ1) is 13.1. The highest BCUT2D eigenvalue weighted by Crippen LogP contribution is 2.21. The molecule has 0 saturated carbocycles. The van der Waals surface area contributed by atoms with Crippen molar-refractivity contribution >= 4 is 11.6 Å². The van der Waals surface area contributed by atoms with Gasteiger partial charge in [0.1, 0.15) is 11.3 Å². The Morgan fingerprint density at radius 3 is 2.26 bits per heavy atom. The second-order valence-corrected chi connectivity index (χ2v) is 4.57. The summed E-state index contributed by atoms with van der Waals surface area (Å²) in [5.74, 6) is -0.152. The Bertz CT molecular complexity index is 562. The van der Waals surface area contributed by atoms with Gasteiger partial charge in [0.2, 0.25) is 5.91 Å². The van der Waals surface area contributed by atoms with Gasteiger partial charge in [-0.3, -0.25) is 4.79 Å². The maximum Gasteiger partial charge on any atom is 0.248 e. The fourth-order valence-electron chi connectivity index (χ4n) is 1.72. The Morgan fingerprint density at radius 2 is 1.68 bits per heavy atom. The molecule has 4 N–H and O–H groups in total. The van der Waals surface area contributed by atoms with Gasteiger partial charge in [-0.05, 0) is 36.8 Å². The van der Waals surface area contributed by atoms with Gasteiger partial charge in [0.05, 0.1) is 0 Å². The molecule has 0 spiro atoms. The van der Waals surface area contributed by atoms with Crippen molar-refractivity contribution in [3.63, 3.8) is 0 Å². The largest absolute Gasteiger partial charge is 0.508 e. The fourth-order valence-corrected chi connectivity index (χ4v) is 1.72. The number of phenolic OH excluding ortho intramolecular Hbond substituents is 1. The molecule has 98 valence electrons. The highest BCUT2D eigenvalue weighted by Gasteiger charge is 2.30. The zero-order valence-electron chi connectivity index (χ0n) is 10.6. The topological polar surface area (TPSA) is 75.4 Å². The van der Waals surface area contributed by atoms with Crippen LogP contribution in [0, 0.1) is 0 Å². The molecule has 2 aromatic rings. The van der Waals surface area contributed by atoms with E-state index >= 15 is 0 Å². The predicted molar refractivity (Wildman–Crippen MR) is 74.7 cm³/mol. The molecule has 1 atom stereocenters. The lowest BCUT2D eigenvalue weighted by Crippen LogP contribution is -2.45. The number of hydrogen-bond donors (Lipinski definition) is 3. The highest BCUT2D eigenvalue weighted by molar-refractivity contribution is 5.98. The van der Waals surface area contributed by atoms with E-state index in [9.17, 15) is 9.90 Å². The van der Waals surface area contributed by atoms with Gasteiger partial charge in [0, 0.05) is 5.69 Å². The van der Waals surface area contributed by atoms with E-state index in [-0.39, 0.29) is 11.7 Å². The zero-order chi connectivity index (χ0) is 13.9. The van der Waals surface area contributed by atoms with Crippen LogP contribution in [0.3, 0.4) is 0 Å². The van der Waals surface area contributed by atoms with Crippen LogP contribution in [0.2, 0.25) is 0 Å². The molecule has 1 amide bonds. The third-order valence-corrected chi connectivity index (χ3v) is 2.97.